The molecule has 134 valence electrons. The Morgan fingerprint density at radius 3 is 2.68 bits per heavy atom. The van der Waals surface area contributed by atoms with Crippen LogP contribution in [0.4, 0.5) is 5.69 Å². The van der Waals surface area contributed by atoms with Crippen molar-refractivity contribution in [3.8, 4) is 0 Å². The molecule has 1 saturated heterocycles. The van der Waals surface area contributed by atoms with Crippen LogP contribution in [0.2, 0.25) is 0 Å². The number of sulfonamides is 1. The molecular weight excluding hydrogens is 356 g/mol. The third kappa shape index (κ3) is 4.11. The Balaban J connectivity index is 1.75. The summed E-state index contributed by atoms with van der Waals surface area (Å²) >= 11 is 1.15. The summed E-state index contributed by atoms with van der Waals surface area (Å²) < 4.78 is 27.1. The van der Waals surface area contributed by atoms with Gasteiger partial charge in [0.2, 0.25) is 10.0 Å². The van der Waals surface area contributed by atoms with Crippen molar-refractivity contribution in [1.82, 2.24) is 4.31 Å². The van der Waals surface area contributed by atoms with Crippen LogP contribution in [0.15, 0.2) is 40.6 Å². The van der Waals surface area contributed by atoms with Gasteiger partial charge in [-0.2, -0.15) is 4.31 Å². The van der Waals surface area contributed by atoms with E-state index in [4.69, 9.17) is 0 Å². The van der Waals surface area contributed by atoms with Gasteiger partial charge in [-0.1, -0.05) is 24.6 Å². The molecule has 1 aliphatic heterocycles. The molecule has 0 aliphatic carbocycles. The van der Waals surface area contributed by atoms with Gasteiger partial charge in [0.25, 0.3) is 5.91 Å². The molecule has 0 spiro atoms. The predicted molar refractivity (Wildman–Crippen MR) is 101 cm³/mol. The molecule has 2 heterocycles. The Hall–Kier alpha value is -1.70. The van der Waals surface area contributed by atoms with Crippen LogP contribution in [0.5, 0.6) is 0 Å². The number of carbonyl (C=O) groups is 1. The number of hydrogen-bond acceptors (Lipinski definition) is 4. The largest absolute Gasteiger partial charge is 0.321 e. The zero-order chi connectivity index (χ0) is 18.0. The molecule has 2 aromatic rings. The van der Waals surface area contributed by atoms with Crippen molar-refractivity contribution in [3.05, 3.63) is 46.2 Å². The molecule has 5 nitrogen and oxygen atoms in total. The zero-order valence-electron chi connectivity index (χ0n) is 14.4. The van der Waals surface area contributed by atoms with Crippen molar-refractivity contribution in [2.45, 2.75) is 31.6 Å². The summed E-state index contributed by atoms with van der Waals surface area (Å²) in [4.78, 5) is 13.0. The second kappa shape index (κ2) is 7.27. The molecule has 1 aromatic heterocycles. The van der Waals surface area contributed by atoms with Crippen LogP contribution in [0.25, 0.3) is 0 Å². The Morgan fingerprint density at radius 1 is 1.28 bits per heavy atom. The molecule has 1 fully saturated rings. The molecule has 1 aromatic carbocycles. The highest BCUT2D eigenvalue weighted by molar-refractivity contribution is 7.89. The van der Waals surface area contributed by atoms with E-state index in [1.54, 1.807) is 5.38 Å². The highest BCUT2D eigenvalue weighted by Crippen LogP contribution is 2.27. The van der Waals surface area contributed by atoms with Crippen LogP contribution >= 0.6 is 11.3 Å². The second-order valence-corrected chi connectivity index (χ2v) is 9.43. The minimum Gasteiger partial charge on any atom is -0.321 e. The topological polar surface area (TPSA) is 66.5 Å². The number of thiophene rings is 1. The monoisotopic (exact) mass is 378 g/mol. The lowest BCUT2D eigenvalue weighted by Gasteiger charge is -2.29. The van der Waals surface area contributed by atoms with E-state index >= 15 is 0 Å². The van der Waals surface area contributed by atoms with Crippen LogP contribution < -0.4 is 5.32 Å². The lowest BCUT2D eigenvalue weighted by Crippen LogP contribution is -2.38. The van der Waals surface area contributed by atoms with Gasteiger partial charge in [-0.25, -0.2) is 8.42 Å². The smallest absolute Gasteiger partial charge is 0.265 e. The van der Waals surface area contributed by atoms with Gasteiger partial charge in [-0.15, -0.1) is 11.3 Å². The van der Waals surface area contributed by atoms with Crippen molar-refractivity contribution >= 4 is 33.0 Å². The number of piperidine rings is 1. The number of benzene rings is 1. The number of hydrogen-bond donors (Lipinski definition) is 1. The third-order valence-electron chi connectivity index (χ3n) is 4.37. The zero-order valence-corrected chi connectivity index (χ0v) is 16.0. The number of carbonyl (C=O) groups excluding carboxylic acids is 1. The number of aryl methyl sites for hydroxylation is 1. The highest BCUT2D eigenvalue weighted by atomic mass is 32.2. The van der Waals surface area contributed by atoms with Crippen LogP contribution in [-0.2, 0) is 10.0 Å². The summed E-state index contributed by atoms with van der Waals surface area (Å²) in [5.74, 6) is 0.0776. The standard InChI is InChI=1S/C18H22N2O3S2/c1-13-5-7-15(8-6-13)19-18(21)17-10-16(12-24-17)25(22,23)20-9-3-4-14(2)11-20/h5-8,10,12,14H,3-4,9,11H2,1-2H3,(H,19,21)/t14-/m1/s1. The fourth-order valence-corrected chi connectivity index (χ4v) is 5.67. The Kier molecular flexibility index (Phi) is 5.27. The first kappa shape index (κ1) is 18.1. The maximum Gasteiger partial charge on any atom is 0.265 e. The average molecular weight is 379 g/mol. The van der Waals surface area contributed by atoms with E-state index in [0.717, 1.165) is 29.7 Å². The first-order chi connectivity index (χ1) is 11.9. The van der Waals surface area contributed by atoms with Crippen molar-refractivity contribution in [1.29, 1.82) is 0 Å². The number of anilines is 1. The third-order valence-corrected chi connectivity index (χ3v) is 7.29. The van der Waals surface area contributed by atoms with E-state index in [0.29, 0.717) is 29.6 Å². The molecule has 1 amide bonds. The summed E-state index contributed by atoms with van der Waals surface area (Å²) in [6.07, 6.45) is 1.94. The lowest BCUT2D eigenvalue weighted by atomic mass is 10.0. The van der Waals surface area contributed by atoms with Crippen LogP contribution in [0, 0.1) is 12.8 Å². The van der Waals surface area contributed by atoms with E-state index < -0.39 is 10.0 Å². The van der Waals surface area contributed by atoms with E-state index in [1.807, 2.05) is 31.2 Å². The molecule has 1 aliphatic rings. The molecule has 7 heteroatoms. The minimum atomic E-state index is -3.52. The molecule has 1 N–H and O–H groups in total. The Morgan fingerprint density at radius 2 is 2.00 bits per heavy atom. The van der Waals surface area contributed by atoms with E-state index in [9.17, 15) is 13.2 Å². The minimum absolute atomic E-state index is 0.209. The average Bonchev–Trinajstić information content (AvgIpc) is 3.08. The van der Waals surface area contributed by atoms with Crippen LogP contribution in [0.1, 0.15) is 35.0 Å². The molecule has 0 saturated carbocycles. The van der Waals surface area contributed by atoms with Gasteiger partial charge in [-0.05, 0) is 43.9 Å². The van der Waals surface area contributed by atoms with Crippen molar-refractivity contribution < 1.29 is 13.2 Å². The maximum absolute atomic E-state index is 12.8. The Bertz CT molecular complexity index is 857. The van der Waals surface area contributed by atoms with E-state index in [1.165, 1.54) is 10.4 Å². The summed E-state index contributed by atoms with van der Waals surface area (Å²) in [6.45, 7) is 5.13. The fraction of sp³-hybridized carbons (Fsp3) is 0.389. The molecular formula is C18H22N2O3S2. The van der Waals surface area contributed by atoms with Crippen molar-refractivity contribution in [2.24, 2.45) is 5.92 Å². The second-order valence-electron chi connectivity index (χ2n) is 6.58. The van der Waals surface area contributed by atoms with Crippen LogP contribution in [0.3, 0.4) is 0 Å². The molecule has 3 rings (SSSR count). The summed E-state index contributed by atoms with van der Waals surface area (Å²) in [5.41, 5.74) is 1.80. The fourth-order valence-electron chi connectivity index (χ4n) is 2.92. The normalized spacial score (nSPS) is 18.9. The number of nitrogens with zero attached hydrogens (tertiary/aromatic N) is 1. The summed E-state index contributed by atoms with van der Waals surface area (Å²) in [7, 11) is -3.52. The van der Waals surface area contributed by atoms with Crippen LogP contribution in [-0.4, -0.2) is 31.7 Å². The lowest BCUT2D eigenvalue weighted by molar-refractivity contribution is 0.103. The van der Waals surface area contributed by atoms with Gasteiger partial charge in [0.1, 0.15) is 0 Å². The first-order valence-corrected chi connectivity index (χ1v) is 10.6. The molecule has 25 heavy (non-hydrogen) atoms. The van der Waals surface area contributed by atoms with Gasteiger partial charge >= 0.3 is 0 Å². The van der Waals surface area contributed by atoms with Gasteiger partial charge < -0.3 is 5.32 Å². The van der Waals surface area contributed by atoms with Crippen molar-refractivity contribution in [2.75, 3.05) is 18.4 Å². The Labute approximate surface area is 152 Å². The van der Waals surface area contributed by atoms with Crippen molar-refractivity contribution in [3.63, 3.8) is 0 Å². The molecule has 0 radical (unpaired) electrons. The highest BCUT2D eigenvalue weighted by Gasteiger charge is 2.30. The first-order valence-electron chi connectivity index (χ1n) is 8.33. The number of nitrogens with one attached hydrogen (secondary N) is 1. The number of amides is 1. The van der Waals surface area contributed by atoms with Gasteiger partial charge in [0, 0.05) is 24.2 Å². The predicted octanol–water partition coefficient (Wildman–Crippen LogP) is 3.73. The quantitative estimate of drug-likeness (QED) is 0.881. The summed E-state index contributed by atoms with van der Waals surface area (Å²) in [5, 5.41) is 4.35. The number of rotatable bonds is 4. The van der Waals surface area contributed by atoms with E-state index in [2.05, 4.69) is 12.2 Å². The van der Waals surface area contributed by atoms with E-state index in [-0.39, 0.29) is 10.8 Å². The summed E-state index contributed by atoms with van der Waals surface area (Å²) in [6, 6.07) is 8.96. The van der Waals surface area contributed by atoms with Gasteiger partial charge in [0.15, 0.2) is 0 Å². The molecule has 0 bridgehead atoms. The molecule has 0 unspecified atom stereocenters. The van der Waals surface area contributed by atoms with Gasteiger partial charge in [0.05, 0.1) is 9.77 Å². The SMILES string of the molecule is Cc1ccc(NC(=O)c2cc(S(=O)(=O)N3CCC[C@@H](C)C3)cs2)cc1. The maximum atomic E-state index is 12.8. The molecule has 1 atom stereocenters. The van der Waals surface area contributed by atoms with Gasteiger partial charge in [-0.3, -0.25) is 4.79 Å².